The van der Waals surface area contributed by atoms with E-state index < -0.39 is 0 Å². The summed E-state index contributed by atoms with van der Waals surface area (Å²) in [7, 11) is 2.04. The number of ether oxygens (including phenoxy) is 1. The van der Waals surface area contributed by atoms with Crippen LogP contribution in [0.25, 0.3) is 11.1 Å². The maximum Gasteiger partial charge on any atom is 0.143 e. The molecule has 0 atom stereocenters. The second-order valence-electron chi connectivity index (χ2n) is 4.94. The zero-order valence-corrected chi connectivity index (χ0v) is 11.1. The molecule has 3 heteroatoms. The zero-order valence-electron chi connectivity index (χ0n) is 11.1. The minimum atomic E-state index is -0.191. The van der Waals surface area contributed by atoms with E-state index in [1.54, 1.807) is 6.07 Å². The van der Waals surface area contributed by atoms with E-state index in [0.29, 0.717) is 12.2 Å². The standard InChI is InChI=1S/C16H16FNO/c1-11-3-5-13(14(17)9-11)12-4-6-15-16(10-12)19-8-7-18(15)2/h3-6,9-10H,7-8H2,1-2H3. The second kappa shape index (κ2) is 4.57. The average molecular weight is 257 g/mol. The number of fused-ring (bicyclic) bond motifs is 1. The highest BCUT2D eigenvalue weighted by Crippen LogP contribution is 2.35. The summed E-state index contributed by atoms with van der Waals surface area (Å²) in [6.07, 6.45) is 0. The molecule has 0 spiro atoms. The Hall–Kier alpha value is -2.03. The van der Waals surface area contributed by atoms with Gasteiger partial charge in [-0.3, -0.25) is 0 Å². The van der Waals surface area contributed by atoms with E-state index in [4.69, 9.17) is 4.74 Å². The molecule has 0 aromatic heterocycles. The summed E-state index contributed by atoms with van der Waals surface area (Å²) in [6, 6.07) is 11.1. The lowest BCUT2D eigenvalue weighted by molar-refractivity contribution is 0.311. The molecule has 98 valence electrons. The fourth-order valence-corrected chi connectivity index (χ4v) is 2.38. The number of benzene rings is 2. The van der Waals surface area contributed by atoms with E-state index in [1.165, 1.54) is 0 Å². The number of hydrogen-bond acceptors (Lipinski definition) is 2. The van der Waals surface area contributed by atoms with Crippen LogP contribution in [0.4, 0.5) is 10.1 Å². The van der Waals surface area contributed by atoms with Crippen LogP contribution in [0.5, 0.6) is 5.75 Å². The number of hydrogen-bond donors (Lipinski definition) is 0. The minimum Gasteiger partial charge on any atom is -0.490 e. The fourth-order valence-electron chi connectivity index (χ4n) is 2.38. The van der Waals surface area contributed by atoms with Gasteiger partial charge >= 0.3 is 0 Å². The van der Waals surface area contributed by atoms with Crippen LogP contribution in [-0.2, 0) is 0 Å². The quantitative estimate of drug-likeness (QED) is 0.773. The Kier molecular flexibility index (Phi) is 2.90. The second-order valence-corrected chi connectivity index (χ2v) is 4.94. The SMILES string of the molecule is Cc1ccc(-c2ccc3c(c2)OCCN3C)c(F)c1. The molecule has 0 unspecified atom stereocenters. The van der Waals surface area contributed by atoms with E-state index in [0.717, 1.165) is 29.1 Å². The first kappa shape index (κ1) is 12.0. The van der Waals surface area contributed by atoms with Crippen LogP contribution in [0.1, 0.15) is 5.56 Å². The van der Waals surface area contributed by atoms with Crippen molar-refractivity contribution >= 4 is 5.69 Å². The predicted octanol–water partition coefficient (Wildman–Crippen LogP) is 3.63. The van der Waals surface area contributed by atoms with E-state index in [-0.39, 0.29) is 5.82 Å². The van der Waals surface area contributed by atoms with Crippen molar-refractivity contribution in [1.82, 2.24) is 0 Å². The number of rotatable bonds is 1. The molecule has 0 saturated heterocycles. The molecule has 2 aromatic carbocycles. The van der Waals surface area contributed by atoms with Crippen LogP contribution >= 0.6 is 0 Å². The summed E-state index contributed by atoms with van der Waals surface area (Å²) in [6.45, 7) is 3.44. The summed E-state index contributed by atoms with van der Waals surface area (Å²) in [5.74, 6) is 0.635. The predicted molar refractivity (Wildman–Crippen MR) is 75.3 cm³/mol. The van der Waals surface area contributed by atoms with Gasteiger partial charge in [0.15, 0.2) is 0 Å². The monoisotopic (exact) mass is 257 g/mol. The van der Waals surface area contributed by atoms with Crippen molar-refractivity contribution in [3.63, 3.8) is 0 Å². The number of anilines is 1. The average Bonchev–Trinajstić information content (AvgIpc) is 2.38. The van der Waals surface area contributed by atoms with Crippen LogP contribution in [0.2, 0.25) is 0 Å². The van der Waals surface area contributed by atoms with E-state index >= 15 is 0 Å². The zero-order chi connectivity index (χ0) is 13.4. The maximum absolute atomic E-state index is 14.0. The Bertz CT molecular complexity index is 624. The smallest absolute Gasteiger partial charge is 0.143 e. The summed E-state index contributed by atoms with van der Waals surface area (Å²) in [5, 5.41) is 0. The summed E-state index contributed by atoms with van der Waals surface area (Å²) in [4.78, 5) is 2.15. The highest BCUT2D eigenvalue weighted by atomic mass is 19.1. The topological polar surface area (TPSA) is 12.5 Å². The van der Waals surface area contributed by atoms with E-state index in [1.807, 2.05) is 44.3 Å². The van der Waals surface area contributed by atoms with Crippen LogP contribution in [0.3, 0.4) is 0 Å². The molecule has 2 aromatic rings. The van der Waals surface area contributed by atoms with Crippen molar-refractivity contribution in [3.8, 4) is 16.9 Å². The van der Waals surface area contributed by atoms with Gasteiger partial charge in [-0.2, -0.15) is 0 Å². The molecule has 0 saturated carbocycles. The molecular formula is C16H16FNO. The third-order valence-electron chi connectivity index (χ3n) is 3.49. The van der Waals surface area contributed by atoms with Gasteiger partial charge in [-0.1, -0.05) is 18.2 Å². The van der Waals surface area contributed by atoms with Gasteiger partial charge in [0.1, 0.15) is 18.2 Å². The van der Waals surface area contributed by atoms with Crippen molar-refractivity contribution in [1.29, 1.82) is 0 Å². The third-order valence-corrected chi connectivity index (χ3v) is 3.49. The number of aryl methyl sites for hydroxylation is 1. The largest absolute Gasteiger partial charge is 0.490 e. The third kappa shape index (κ3) is 2.16. The highest BCUT2D eigenvalue weighted by Gasteiger charge is 2.16. The summed E-state index contributed by atoms with van der Waals surface area (Å²) in [5.41, 5.74) is 3.45. The fraction of sp³-hybridized carbons (Fsp3) is 0.250. The number of likely N-dealkylation sites (N-methyl/N-ethyl adjacent to an activating group) is 1. The lowest BCUT2D eigenvalue weighted by Gasteiger charge is -2.28. The Morgan fingerprint density at radius 1 is 1.16 bits per heavy atom. The van der Waals surface area contributed by atoms with Gasteiger partial charge in [0.05, 0.1) is 12.2 Å². The molecule has 0 N–H and O–H groups in total. The van der Waals surface area contributed by atoms with Gasteiger partial charge < -0.3 is 9.64 Å². The van der Waals surface area contributed by atoms with Crippen molar-refractivity contribution in [3.05, 3.63) is 47.8 Å². The molecular weight excluding hydrogens is 241 g/mol. The van der Waals surface area contributed by atoms with Crippen molar-refractivity contribution in [2.75, 3.05) is 25.1 Å². The van der Waals surface area contributed by atoms with Crippen LogP contribution in [-0.4, -0.2) is 20.2 Å². The lowest BCUT2D eigenvalue weighted by atomic mass is 10.0. The number of nitrogens with zero attached hydrogens (tertiary/aromatic N) is 1. The molecule has 2 nitrogen and oxygen atoms in total. The summed E-state index contributed by atoms with van der Waals surface area (Å²) < 4.78 is 19.6. The molecule has 1 aliphatic rings. The van der Waals surface area contributed by atoms with Crippen molar-refractivity contribution in [2.24, 2.45) is 0 Å². The number of halogens is 1. The van der Waals surface area contributed by atoms with E-state index in [9.17, 15) is 4.39 Å². The molecule has 19 heavy (non-hydrogen) atoms. The molecule has 0 bridgehead atoms. The Morgan fingerprint density at radius 3 is 2.79 bits per heavy atom. The Labute approximate surface area is 112 Å². The summed E-state index contributed by atoms with van der Waals surface area (Å²) >= 11 is 0. The highest BCUT2D eigenvalue weighted by molar-refractivity contribution is 5.72. The van der Waals surface area contributed by atoms with E-state index in [2.05, 4.69) is 4.90 Å². The Balaban J connectivity index is 2.06. The van der Waals surface area contributed by atoms with Gasteiger partial charge in [-0.15, -0.1) is 0 Å². The first-order valence-corrected chi connectivity index (χ1v) is 6.39. The van der Waals surface area contributed by atoms with Crippen LogP contribution in [0, 0.1) is 12.7 Å². The normalized spacial score (nSPS) is 13.9. The Morgan fingerprint density at radius 2 is 2.00 bits per heavy atom. The molecule has 0 fully saturated rings. The maximum atomic E-state index is 14.0. The lowest BCUT2D eigenvalue weighted by Crippen LogP contribution is -2.28. The van der Waals surface area contributed by atoms with Gasteiger partial charge in [0.2, 0.25) is 0 Å². The molecule has 0 radical (unpaired) electrons. The first-order valence-electron chi connectivity index (χ1n) is 6.39. The molecule has 1 heterocycles. The molecule has 1 aliphatic heterocycles. The molecule has 3 rings (SSSR count). The van der Waals surface area contributed by atoms with Gasteiger partial charge in [0, 0.05) is 12.6 Å². The van der Waals surface area contributed by atoms with Crippen LogP contribution in [0.15, 0.2) is 36.4 Å². The molecule has 0 amide bonds. The first-order chi connectivity index (χ1) is 9.15. The van der Waals surface area contributed by atoms with Gasteiger partial charge in [0.25, 0.3) is 0 Å². The van der Waals surface area contributed by atoms with Crippen molar-refractivity contribution < 1.29 is 9.13 Å². The minimum absolute atomic E-state index is 0.191. The van der Waals surface area contributed by atoms with Crippen LogP contribution < -0.4 is 9.64 Å². The van der Waals surface area contributed by atoms with Crippen molar-refractivity contribution in [2.45, 2.75) is 6.92 Å². The van der Waals surface area contributed by atoms with Gasteiger partial charge in [-0.25, -0.2) is 4.39 Å². The molecule has 0 aliphatic carbocycles. The van der Waals surface area contributed by atoms with Gasteiger partial charge in [-0.05, 0) is 36.2 Å².